The summed E-state index contributed by atoms with van der Waals surface area (Å²) in [6.07, 6.45) is -2.27. The molecule has 78 valence electrons. The molecule has 0 aliphatic heterocycles. The molecule has 1 rings (SSSR count). The smallest absolute Gasteiger partial charge is 0.411 e. The molecular weight excluding hydrogens is 199 g/mol. The molecular formula is C7H8F3N3O. The van der Waals surface area contributed by atoms with Crippen LogP contribution in [0.25, 0.3) is 0 Å². The Kier molecular flexibility index (Phi) is 2.78. The van der Waals surface area contributed by atoms with Gasteiger partial charge in [-0.1, -0.05) is 5.16 Å². The van der Waals surface area contributed by atoms with Crippen molar-refractivity contribution in [3.05, 3.63) is 18.2 Å². The van der Waals surface area contributed by atoms with Crippen LogP contribution in [0.4, 0.5) is 13.2 Å². The quantitative estimate of drug-likeness (QED) is 0.452. The zero-order valence-corrected chi connectivity index (χ0v) is 7.28. The number of nitrogens with zero attached hydrogens (tertiary/aromatic N) is 3. The van der Waals surface area contributed by atoms with Gasteiger partial charge in [0.25, 0.3) is 0 Å². The molecule has 1 aromatic heterocycles. The molecule has 1 heterocycles. The third kappa shape index (κ3) is 2.24. The summed E-state index contributed by atoms with van der Waals surface area (Å²) in [5.74, 6) is 0.190. The first-order valence-electron chi connectivity index (χ1n) is 3.69. The van der Waals surface area contributed by atoms with Gasteiger partial charge in [-0.2, -0.15) is 13.2 Å². The van der Waals surface area contributed by atoms with E-state index in [1.54, 1.807) is 7.05 Å². The van der Waals surface area contributed by atoms with E-state index in [-0.39, 0.29) is 5.82 Å². The molecule has 14 heavy (non-hydrogen) atoms. The molecule has 1 N–H and O–H groups in total. The first kappa shape index (κ1) is 10.6. The predicted molar refractivity (Wildman–Crippen MR) is 42.2 cm³/mol. The van der Waals surface area contributed by atoms with Crippen molar-refractivity contribution in [2.24, 2.45) is 12.2 Å². The van der Waals surface area contributed by atoms with Gasteiger partial charge in [-0.15, -0.1) is 0 Å². The maximum Gasteiger partial charge on any atom is 0.433 e. The summed E-state index contributed by atoms with van der Waals surface area (Å²) in [5, 5.41) is 10.4. The molecule has 0 bridgehead atoms. The van der Waals surface area contributed by atoms with Crippen LogP contribution < -0.4 is 0 Å². The Morgan fingerprint density at radius 1 is 1.64 bits per heavy atom. The number of aromatic nitrogens is 2. The lowest BCUT2D eigenvalue weighted by atomic mass is 10.2. The highest BCUT2D eigenvalue weighted by molar-refractivity contribution is 5.90. The van der Waals surface area contributed by atoms with Gasteiger partial charge < -0.3 is 9.77 Å². The Morgan fingerprint density at radius 3 is 2.64 bits per heavy atom. The molecule has 0 atom stereocenters. The van der Waals surface area contributed by atoms with E-state index in [4.69, 9.17) is 5.21 Å². The molecule has 0 spiro atoms. The normalized spacial score (nSPS) is 13.3. The number of hydrogen-bond donors (Lipinski definition) is 1. The summed E-state index contributed by atoms with van der Waals surface area (Å²) in [6, 6.07) is 0. The second-order valence-electron chi connectivity index (χ2n) is 2.68. The van der Waals surface area contributed by atoms with E-state index >= 15 is 0 Å². The summed E-state index contributed by atoms with van der Waals surface area (Å²) in [4.78, 5) is 3.69. The van der Waals surface area contributed by atoms with E-state index < -0.39 is 18.3 Å². The van der Waals surface area contributed by atoms with Crippen molar-refractivity contribution < 1.29 is 18.4 Å². The number of alkyl halides is 3. The summed E-state index contributed by atoms with van der Waals surface area (Å²) in [5.41, 5.74) is -1.26. The molecule has 0 unspecified atom stereocenters. The SMILES string of the molecule is Cn1ccnc1C/C(=N/O)C(F)(F)F. The Hall–Kier alpha value is -1.53. The standard InChI is InChI=1S/C7H8F3N3O/c1-13-3-2-11-6(13)4-5(12-14)7(8,9)10/h2-3,14H,4H2,1H3/b12-5-. The van der Waals surface area contributed by atoms with Crippen molar-refractivity contribution in [2.45, 2.75) is 12.6 Å². The highest BCUT2D eigenvalue weighted by Crippen LogP contribution is 2.19. The Morgan fingerprint density at radius 2 is 2.29 bits per heavy atom. The number of halogens is 3. The molecule has 0 fully saturated rings. The summed E-state index contributed by atoms with van der Waals surface area (Å²) in [6.45, 7) is 0. The minimum atomic E-state index is -4.62. The number of aryl methyl sites for hydroxylation is 1. The number of rotatable bonds is 2. The molecule has 0 radical (unpaired) electrons. The monoisotopic (exact) mass is 207 g/mol. The van der Waals surface area contributed by atoms with Crippen LogP contribution in [-0.2, 0) is 13.5 Å². The maximum absolute atomic E-state index is 12.1. The van der Waals surface area contributed by atoms with Gasteiger partial charge in [0.15, 0.2) is 5.71 Å². The molecule has 0 saturated heterocycles. The molecule has 4 nitrogen and oxygen atoms in total. The summed E-state index contributed by atoms with van der Waals surface area (Å²) in [7, 11) is 1.56. The van der Waals surface area contributed by atoms with Gasteiger partial charge in [0.1, 0.15) is 5.82 Å². The van der Waals surface area contributed by atoms with Crippen LogP contribution in [0.15, 0.2) is 17.5 Å². The number of hydrogen-bond acceptors (Lipinski definition) is 3. The maximum atomic E-state index is 12.1. The molecule has 1 aromatic rings. The van der Waals surface area contributed by atoms with Gasteiger partial charge in [0.05, 0.1) is 6.42 Å². The largest absolute Gasteiger partial charge is 0.433 e. The highest BCUT2D eigenvalue weighted by atomic mass is 19.4. The second-order valence-corrected chi connectivity index (χ2v) is 2.68. The molecule has 0 aliphatic carbocycles. The average molecular weight is 207 g/mol. The highest BCUT2D eigenvalue weighted by Gasteiger charge is 2.36. The van der Waals surface area contributed by atoms with Gasteiger partial charge in [-0.3, -0.25) is 0 Å². The topological polar surface area (TPSA) is 50.4 Å². The van der Waals surface area contributed by atoms with E-state index in [1.165, 1.54) is 17.0 Å². The number of imidazole rings is 1. The second kappa shape index (κ2) is 3.69. The lowest BCUT2D eigenvalue weighted by Gasteiger charge is -2.07. The molecule has 0 saturated carbocycles. The summed E-state index contributed by atoms with van der Waals surface area (Å²) < 4.78 is 37.8. The first-order chi connectivity index (χ1) is 6.45. The van der Waals surface area contributed by atoms with Crippen molar-refractivity contribution in [3.63, 3.8) is 0 Å². The van der Waals surface area contributed by atoms with Gasteiger partial charge >= 0.3 is 6.18 Å². The van der Waals surface area contributed by atoms with Crippen molar-refractivity contribution in [3.8, 4) is 0 Å². The Labute approximate surface area is 77.7 Å². The van der Waals surface area contributed by atoms with Gasteiger partial charge in [-0.25, -0.2) is 4.98 Å². The third-order valence-electron chi connectivity index (χ3n) is 1.69. The van der Waals surface area contributed by atoms with Crippen molar-refractivity contribution >= 4 is 5.71 Å². The van der Waals surface area contributed by atoms with E-state index in [2.05, 4.69) is 10.1 Å². The predicted octanol–water partition coefficient (Wildman–Crippen LogP) is 1.36. The van der Waals surface area contributed by atoms with E-state index in [1.807, 2.05) is 0 Å². The van der Waals surface area contributed by atoms with Crippen LogP contribution in [0.5, 0.6) is 0 Å². The van der Waals surface area contributed by atoms with Crippen LogP contribution in [0, 0.1) is 0 Å². The Bertz CT molecular complexity index is 342. The van der Waals surface area contributed by atoms with E-state index in [0.29, 0.717) is 0 Å². The minimum absolute atomic E-state index is 0.190. The molecule has 0 aliphatic rings. The van der Waals surface area contributed by atoms with Crippen LogP contribution in [0.3, 0.4) is 0 Å². The minimum Gasteiger partial charge on any atom is -0.411 e. The molecule has 0 amide bonds. The fourth-order valence-corrected chi connectivity index (χ4v) is 0.909. The van der Waals surface area contributed by atoms with Gasteiger partial charge in [0.2, 0.25) is 0 Å². The van der Waals surface area contributed by atoms with Gasteiger partial charge in [0, 0.05) is 19.4 Å². The fourth-order valence-electron chi connectivity index (χ4n) is 0.909. The van der Waals surface area contributed by atoms with Crippen molar-refractivity contribution in [1.82, 2.24) is 9.55 Å². The van der Waals surface area contributed by atoms with E-state index in [9.17, 15) is 13.2 Å². The average Bonchev–Trinajstić information content (AvgIpc) is 2.45. The number of oxime groups is 1. The Balaban J connectivity index is 2.83. The molecule has 0 aromatic carbocycles. The van der Waals surface area contributed by atoms with E-state index in [0.717, 1.165) is 0 Å². The zero-order valence-electron chi connectivity index (χ0n) is 7.28. The third-order valence-corrected chi connectivity index (χ3v) is 1.69. The molecule has 7 heteroatoms. The van der Waals surface area contributed by atoms with Crippen molar-refractivity contribution in [1.29, 1.82) is 0 Å². The van der Waals surface area contributed by atoms with Crippen LogP contribution in [0.2, 0.25) is 0 Å². The zero-order chi connectivity index (χ0) is 10.8. The first-order valence-corrected chi connectivity index (χ1v) is 3.69. The van der Waals surface area contributed by atoms with Crippen LogP contribution in [-0.4, -0.2) is 26.6 Å². The van der Waals surface area contributed by atoms with Crippen LogP contribution >= 0.6 is 0 Å². The van der Waals surface area contributed by atoms with Crippen LogP contribution in [0.1, 0.15) is 5.82 Å². The lowest BCUT2D eigenvalue weighted by Crippen LogP contribution is -2.26. The van der Waals surface area contributed by atoms with Crippen molar-refractivity contribution in [2.75, 3.05) is 0 Å². The lowest BCUT2D eigenvalue weighted by molar-refractivity contribution is -0.0623. The van der Waals surface area contributed by atoms with Gasteiger partial charge in [-0.05, 0) is 0 Å². The fraction of sp³-hybridized carbons (Fsp3) is 0.429. The summed E-state index contributed by atoms with van der Waals surface area (Å²) >= 11 is 0.